The lowest BCUT2D eigenvalue weighted by molar-refractivity contribution is -0.145. The number of hydrogen-bond acceptors (Lipinski definition) is 3. The summed E-state index contributed by atoms with van der Waals surface area (Å²) < 4.78 is 8.88. The van der Waals surface area contributed by atoms with Crippen molar-refractivity contribution in [2.24, 2.45) is 0 Å². The number of aliphatic hydroxyl groups excluding tert-OH is 1. The molecule has 0 aromatic heterocycles. The third kappa shape index (κ3) is 56.4. The lowest BCUT2D eigenvalue weighted by atomic mass is 10.4. The van der Waals surface area contributed by atoms with Crippen LogP contribution in [0.25, 0.3) is 0 Å². The van der Waals surface area contributed by atoms with Gasteiger partial charge in [-0.1, -0.05) is 0 Å². The van der Waals surface area contributed by atoms with Gasteiger partial charge in [0.05, 0.1) is 0 Å². The summed E-state index contributed by atoms with van der Waals surface area (Å²) in [4.78, 5) is 31.0. The minimum Gasteiger partial charge on any atom is -0.479 e. The third-order valence-electron chi connectivity index (χ3n) is 0.357. The Kier molecular flexibility index (Phi) is 10.4. The zero-order valence-corrected chi connectivity index (χ0v) is 6.88. The van der Waals surface area contributed by atoms with Crippen LogP contribution in [-0.2, 0) is 9.36 Å². The smallest absolute Gasteiger partial charge is 0.466 e. The van der Waals surface area contributed by atoms with Gasteiger partial charge in [-0.2, -0.15) is 0 Å². The number of carboxylic acids is 1. The molecule has 76 valence electrons. The highest BCUT2D eigenvalue weighted by Crippen LogP contribution is 2.25. The molecule has 1 unspecified atom stereocenters. The molecule has 0 bridgehead atoms. The van der Waals surface area contributed by atoms with Crippen molar-refractivity contribution in [3.8, 4) is 0 Å². The molecular weight excluding hydrogens is 198 g/mol. The average Bonchev–Trinajstić information content (AvgIpc) is 1.59. The maximum atomic E-state index is 9.45. The Morgan fingerprint density at radius 1 is 1.33 bits per heavy atom. The lowest BCUT2D eigenvalue weighted by Gasteiger charge is -1.89. The summed E-state index contributed by atoms with van der Waals surface area (Å²) in [6.07, 6.45) is -1.23. The van der Waals surface area contributed by atoms with E-state index in [-0.39, 0.29) is 4.70 Å². The highest BCUT2D eigenvalue weighted by atomic mass is 31.2. The van der Waals surface area contributed by atoms with E-state index >= 15 is 0 Å². The molecule has 0 spiro atoms. The first-order valence-corrected chi connectivity index (χ1v) is 3.90. The molecule has 0 rings (SSSR count). The van der Waals surface area contributed by atoms with Gasteiger partial charge in [0.1, 0.15) is 6.10 Å². The van der Waals surface area contributed by atoms with E-state index in [1.54, 1.807) is 0 Å². The summed E-state index contributed by atoms with van der Waals surface area (Å²) in [5.41, 5.74) is 0. The number of halogens is 1. The summed E-state index contributed by atoms with van der Waals surface area (Å²) in [5.74, 6) is -1.19. The zero-order valence-electron chi connectivity index (χ0n) is 5.99. The van der Waals surface area contributed by atoms with Crippen molar-refractivity contribution in [2.45, 2.75) is 13.0 Å². The van der Waals surface area contributed by atoms with Crippen LogP contribution in [0.2, 0.25) is 0 Å². The van der Waals surface area contributed by atoms with E-state index < -0.39 is 19.9 Å². The van der Waals surface area contributed by atoms with Crippen LogP contribution in [0.4, 0.5) is 4.70 Å². The van der Waals surface area contributed by atoms with E-state index in [0.29, 0.717) is 0 Å². The molecular formula is C3H10FO7P. The number of rotatable bonds is 1. The second-order valence-corrected chi connectivity index (χ2v) is 2.55. The zero-order chi connectivity index (χ0) is 9.65. The van der Waals surface area contributed by atoms with Gasteiger partial charge < -0.3 is 24.9 Å². The number of aliphatic hydroxyl groups is 1. The predicted octanol–water partition coefficient (Wildman–Crippen LogP) is -1.32. The van der Waals surface area contributed by atoms with Crippen molar-refractivity contribution in [3.05, 3.63) is 0 Å². The number of carbonyl (C=O) groups is 1. The van der Waals surface area contributed by atoms with Gasteiger partial charge >= 0.3 is 13.8 Å². The molecule has 0 aromatic rings. The maximum Gasteiger partial charge on any atom is 0.466 e. The van der Waals surface area contributed by atoms with Crippen LogP contribution >= 0.6 is 7.82 Å². The van der Waals surface area contributed by atoms with Gasteiger partial charge in [0, 0.05) is 0 Å². The van der Waals surface area contributed by atoms with Gasteiger partial charge in [0.15, 0.2) is 0 Å². The molecule has 0 aliphatic rings. The van der Waals surface area contributed by atoms with E-state index in [1.165, 1.54) is 6.92 Å². The number of carboxylic acid groups (broad SMARTS) is 1. The molecule has 0 aliphatic carbocycles. The van der Waals surface area contributed by atoms with Gasteiger partial charge in [-0.15, -0.1) is 0 Å². The van der Waals surface area contributed by atoms with Crippen LogP contribution in [0.3, 0.4) is 0 Å². The van der Waals surface area contributed by atoms with Crippen LogP contribution in [0.1, 0.15) is 6.92 Å². The average molecular weight is 208 g/mol. The largest absolute Gasteiger partial charge is 0.479 e. The molecule has 5 N–H and O–H groups in total. The minimum absolute atomic E-state index is 0. The topological polar surface area (TPSA) is 135 Å². The van der Waals surface area contributed by atoms with Crippen molar-refractivity contribution in [3.63, 3.8) is 0 Å². The molecule has 0 aliphatic heterocycles. The minimum atomic E-state index is -4.64. The fraction of sp³-hybridized carbons (Fsp3) is 0.667. The Labute approximate surface area is 66.9 Å². The fourth-order valence-electron chi connectivity index (χ4n) is 0. The Bertz CT molecular complexity index is 154. The standard InChI is InChI=1S/C3H6O3.FH.H3O4P/c1-2(4)3(5)6;;1-5(2,3)4/h2,4H,1H3,(H,5,6);1H;(H3,1,2,3,4). The van der Waals surface area contributed by atoms with Crippen LogP contribution in [0.15, 0.2) is 0 Å². The fourth-order valence-corrected chi connectivity index (χ4v) is 0. The van der Waals surface area contributed by atoms with E-state index in [0.717, 1.165) is 0 Å². The van der Waals surface area contributed by atoms with E-state index in [2.05, 4.69) is 0 Å². The van der Waals surface area contributed by atoms with Gasteiger partial charge in [-0.25, -0.2) is 9.36 Å². The van der Waals surface area contributed by atoms with Crippen molar-refractivity contribution in [1.82, 2.24) is 0 Å². The van der Waals surface area contributed by atoms with Gasteiger partial charge in [0.25, 0.3) is 0 Å². The number of hydrogen-bond donors (Lipinski definition) is 5. The van der Waals surface area contributed by atoms with Crippen LogP contribution in [0, 0.1) is 0 Å². The second kappa shape index (κ2) is 7.14. The Morgan fingerprint density at radius 2 is 1.42 bits per heavy atom. The summed E-state index contributed by atoms with van der Waals surface area (Å²) >= 11 is 0. The molecule has 0 amide bonds. The predicted molar refractivity (Wildman–Crippen MR) is 36.1 cm³/mol. The first-order chi connectivity index (χ1) is 4.64. The molecule has 0 radical (unpaired) electrons. The third-order valence-corrected chi connectivity index (χ3v) is 0.357. The SMILES string of the molecule is CC(O)C(=O)O.F.O=P(O)(O)O. The van der Waals surface area contributed by atoms with Crippen molar-refractivity contribution < 1.29 is 39.0 Å². The quantitative estimate of drug-likeness (QED) is 0.337. The van der Waals surface area contributed by atoms with Gasteiger partial charge in [-0.3, -0.25) is 4.70 Å². The molecule has 9 heteroatoms. The molecule has 12 heavy (non-hydrogen) atoms. The van der Waals surface area contributed by atoms with E-state index in [4.69, 9.17) is 29.5 Å². The van der Waals surface area contributed by atoms with Crippen LogP contribution in [-0.4, -0.2) is 37.0 Å². The number of aliphatic carboxylic acids is 1. The second-order valence-electron chi connectivity index (χ2n) is 1.53. The Morgan fingerprint density at radius 3 is 1.42 bits per heavy atom. The molecule has 0 heterocycles. The van der Waals surface area contributed by atoms with Crippen molar-refractivity contribution >= 4 is 13.8 Å². The summed E-state index contributed by atoms with van der Waals surface area (Å²) in [6, 6.07) is 0. The van der Waals surface area contributed by atoms with E-state index in [1.807, 2.05) is 0 Å². The Balaban J connectivity index is -0.000000126. The molecule has 0 saturated heterocycles. The summed E-state index contributed by atoms with van der Waals surface area (Å²) in [5, 5.41) is 15.8. The number of phosphoric acid groups is 1. The maximum absolute atomic E-state index is 9.45. The van der Waals surface area contributed by atoms with Gasteiger partial charge in [0.2, 0.25) is 0 Å². The lowest BCUT2D eigenvalue weighted by Crippen LogP contribution is -2.13. The highest BCUT2D eigenvalue weighted by Gasteiger charge is 2.01. The highest BCUT2D eigenvalue weighted by molar-refractivity contribution is 7.45. The molecule has 1 atom stereocenters. The van der Waals surface area contributed by atoms with Gasteiger partial charge in [-0.05, 0) is 6.92 Å². The van der Waals surface area contributed by atoms with Crippen molar-refractivity contribution in [2.75, 3.05) is 0 Å². The molecule has 7 nitrogen and oxygen atoms in total. The normalized spacial score (nSPS) is 11.8. The van der Waals surface area contributed by atoms with Crippen molar-refractivity contribution in [1.29, 1.82) is 0 Å². The monoisotopic (exact) mass is 208 g/mol. The molecule has 0 fully saturated rings. The first kappa shape index (κ1) is 17.5. The first-order valence-electron chi connectivity index (χ1n) is 2.33. The van der Waals surface area contributed by atoms with Crippen LogP contribution < -0.4 is 0 Å². The Hall–Kier alpha value is -0.530. The van der Waals surface area contributed by atoms with Crippen LogP contribution in [0.5, 0.6) is 0 Å². The summed E-state index contributed by atoms with van der Waals surface area (Å²) in [6.45, 7) is 1.20. The summed E-state index contributed by atoms with van der Waals surface area (Å²) in [7, 11) is -4.64. The molecule has 0 saturated carbocycles. The van der Waals surface area contributed by atoms with E-state index in [9.17, 15) is 4.79 Å². The molecule has 0 aromatic carbocycles.